The molecule has 0 amide bonds. The first-order valence-electron chi connectivity index (χ1n) is 35.8. The number of H-pyrrole nitrogens is 4. The first kappa shape index (κ1) is 81.3. The molecule has 0 atom stereocenters. The number of carbonyl (C=O) groups excluding carboxylic acids is 5. The van der Waals surface area contributed by atoms with Crippen LogP contribution in [-0.2, 0) is 87.8 Å². The number of aromatic nitrogens is 6. The average molecular weight is 1530 g/mol. The number of hydrogen-bond donors (Lipinski definition) is 4. The Labute approximate surface area is 627 Å². The maximum absolute atomic E-state index is 13.4. The molecule has 18 nitrogen and oxygen atoms in total. The summed E-state index contributed by atoms with van der Waals surface area (Å²) in [4.78, 5) is 98.1. The maximum Gasteiger partial charge on any atom is 0.338 e. The second-order valence-corrected chi connectivity index (χ2v) is 25.7. The molecule has 9 heterocycles. The van der Waals surface area contributed by atoms with Crippen LogP contribution in [0.15, 0.2) is 98.5 Å². The van der Waals surface area contributed by atoms with Crippen LogP contribution in [0.5, 0.6) is 0 Å². The van der Waals surface area contributed by atoms with Crippen LogP contribution >= 0.6 is 0 Å². The van der Waals surface area contributed by atoms with Gasteiger partial charge in [0.05, 0.1) is 92.2 Å². The van der Waals surface area contributed by atoms with Crippen LogP contribution in [0.2, 0.25) is 0 Å². The molecule has 10 rings (SSSR count). The summed E-state index contributed by atoms with van der Waals surface area (Å²) >= 11 is 0. The summed E-state index contributed by atoms with van der Waals surface area (Å²) < 4.78 is 25.3. The van der Waals surface area contributed by atoms with E-state index in [-0.39, 0.29) is 83.5 Å². The van der Waals surface area contributed by atoms with Gasteiger partial charge in [0.2, 0.25) is 0 Å². The molecule has 0 aliphatic carbocycles. The molecule has 0 saturated heterocycles. The number of nitrogens with one attached hydrogen (secondary N) is 4. The largest absolute Gasteiger partial charge is 1.00 e. The molecule has 5 aromatic heterocycles. The molecule has 20 heteroatoms. The van der Waals surface area contributed by atoms with Crippen molar-refractivity contribution in [3.8, 4) is 11.1 Å². The predicted molar refractivity (Wildman–Crippen MR) is 405 cm³/mol. The van der Waals surface area contributed by atoms with Crippen molar-refractivity contribution in [1.29, 1.82) is 0 Å². The third-order valence-electron chi connectivity index (χ3n) is 20.3. The molecule has 0 saturated carbocycles. The fraction of sp³-hybridized carbons (Fsp3) is 0.410. The molecule has 1 aromatic carbocycles. The molecular weight excluding hydrogens is 1430 g/mol. The Morgan fingerprint density at radius 2 is 0.903 bits per heavy atom. The van der Waals surface area contributed by atoms with Crippen LogP contribution in [-0.4, -0.2) is 107 Å². The summed E-state index contributed by atoms with van der Waals surface area (Å²) in [5.74, 6) is -1.51. The highest BCUT2D eigenvalue weighted by molar-refractivity contribution is 6.21. The van der Waals surface area contributed by atoms with Crippen LogP contribution in [0, 0.1) is 6.92 Å². The van der Waals surface area contributed by atoms with Gasteiger partial charge in [-0.2, -0.15) is 0 Å². The molecule has 0 radical (unpaired) electrons. The number of fused-ring (bicyclic) bond motifs is 8. The summed E-state index contributed by atoms with van der Waals surface area (Å²) in [6.45, 7) is 25.5. The fourth-order valence-electron chi connectivity index (χ4n) is 14.7. The van der Waals surface area contributed by atoms with Gasteiger partial charge in [0.15, 0.2) is 0 Å². The number of aryl methyl sites for hydroxylation is 6. The number of hydrogen-bond acceptors (Lipinski definition) is 14. The lowest BCUT2D eigenvalue weighted by Gasteiger charge is -2.13. The van der Waals surface area contributed by atoms with Crippen molar-refractivity contribution in [3.63, 3.8) is 0 Å². The quantitative estimate of drug-likeness (QED) is 0.0293. The van der Waals surface area contributed by atoms with Gasteiger partial charge in [-0.1, -0.05) is 73.6 Å². The van der Waals surface area contributed by atoms with E-state index >= 15 is 0 Å². The van der Waals surface area contributed by atoms with Crippen LogP contribution in [0.1, 0.15) is 229 Å². The minimum Gasteiger partial charge on any atom is -1.00 e. The molecule has 4 aliphatic rings. The molecule has 548 valence electrons. The van der Waals surface area contributed by atoms with E-state index < -0.39 is 5.97 Å². The number of esters is 5. The predicted octanol–water partition coefficient (Wildman–Crippen LogP) is 11.7. The summed E-state index contributed by atoms with van der Waals surface area (Å²) in [5, 5.41) is 0. The highest BCUT2D eigenvalue weighted by Gasteiger charge is 2.31. The lowest BCUT2D eigenvalue weighted by Crippen LogP contribution is -3.00. The monoisotopic (exact) mass is 1530 g/mol. The Morgan fingerprint density at radius 3 is 1.38 bits per heavy atom. The van der Waals surface area contributed by atoms with E-state index in [1.165, 1.54) is 57.8 Å². The Kier molecular flexibility index (Phi) is 29.1. The zero-order chi connectivity index (χ0) is 72.9. The van der Waals surface area contributed by atoms with Gasteiger partial charge in [0.25, 0.3) is 0 Å². The lowest BCUT2D eigenvalue weighted by molar-refractivity contribution is -0.141. The van der Waals surface area contributed by atoms with Gasteiger partial charge >= 0.3 is 29.8 Å². The zero-order valence-electron chi connectivity index (χ0n) is 63.0. The zero-order valence-corrected chi connectivity index (χ0v) is 66.2. The molecule has 4 N–H and O–H groups in total. The van der Waals surface area contributed by atoms with E-state index in [1.54, 1.807) is 0 Å². The van der Waals surface area contributed by atoms with Gasteiger partial charge in [-0.05, 0) is 230 Å². The Bertz CT molecular complexity index is 4570. The van der Waals surface area contributed by atoms with Crippen molar-refractivity contribution in [2.45, 2.75) is 192 Å². The summed E-state index contributed by atoms with van der Waals surface area (Å²) in [7, 11) is 7.05. The van der Waals surface area contributed by atoms with Gasteiger partial charge in [-0.3, -0.25) is 29.2 Å². The minimum absolute atomic E-state index is 0. The lowest BCUT2D eigenvalue weighted by atomic mass is 9.91. The van der Waals surface area contributed by atoms with Gasteiger partial charge in [0.1, 0.15) is 0 Å². The number of halogens is 2. The summed E-state index contributed by atoms with van der Waals surface area (Å²) in [5.41, 5.74) is 32.4. The molecule has 4 aliphatic heterocycles. The smallest absolute Gasteiger partial charge is 0.338 e. The van der Waals surface area contributed by atoms with E-state index in [9.17, 15) is 24.0 Å². The first-order chi connectivity index (χ1) is 48.7. The highest BCUT2D eigenvalue weighted by Crippen LogP contribution is 2.45. The van der Waals surface area contributed by atoms with Crippen molar-refractivity contribution < 1.29 is 81.6 Å². The number of rotatable bonds is 26. The molecule has 103 heavy (non-hydrogen) atoms. The third-order valence-corrected chi connectivity index (χ3v) is 20.3. The van der Waals surface area contributed by atoms with Crippen LogP contribution < -0.4 is 34.0 Å². The number of nitrogens with zero attached hydrogens (tertiary/aromatic N) is 4. The molecule has 0 spiro atoms. The minimum atomic E-state index is -0.423. The van der Waals surface area contributed by atoms with Crippen molar-refractivity contribution in [2.75, 3.05) is 35.5 Å². The van der Waals surface area contributed by atoms with E-state index in [4.69, 9.17) is 43.6 Å². The number of carbonyl (C=O) groups is 5. The van der Waals surface area contributed by atoms with Gasteiger partial charge in [-0.15, -0.1) is 0 Å². The Balaban J connectivity index is 0.000000290. The fourth-order valence-corrected chi connectivity index (χ4v) is 14.7. The van der Waals surface area contributed by atoms with Crippen LogP contribution in [0.3, 0.4) is 0 Å². The Hall–Kier alpha value is -9.01. The van der Waals surface area contributed by atoms with Crippen LogP contribution in [0.4, 0.5) is 0 Å². The molecule has 0 unspecified atom stereocenters. The standard InChI is InChI=1S/C46H52N4O6.C37H48N4O4.2BrH/c1-10-27-29(12-3)44-43(33-16-14-15-17-34(33)46(53)56-9)45-30(13-4)28(11-2)38(50-45)23-36-26(6)32(19-21-42(52)55-8)40(48-36)24-39-31(18-20-41(51)54-7)25(5)35(47-39)22-37(27)49-44;1-9-24-20-38-32(26(24)11-3)17-30-22(5)28(13-15-36(42)44-7)34(40-30)19-35-29(14-16-37(43)45-8)23(6)31(41-35)18-33-27(12-4)25(10-2)21-39-33;;/h14-17,22-24,47,50H,10-13,18-21H2,1-9H3;17-18,20-21,38-39H,9-16,19H2,1-8H3;2*1H/p-2/b;30-17-,31-18?;;. The van der Waals surface area contributed by atoms with E-state index in [1.807, 2.05) is 37.3 Å². The van der Waals surface area contributed by atoms with Crippen molar-refractivity contribution >= 4 is 97.8 Å². The molecule has 0 fully saturated rings. The van der Waals surface area contributed by atoms with E-state index in [0.717, 1.165) is 208 Å². The maximum atomic E-state index is 13.4. The van der Waals surface area contributed by atoms with Gasteiger partial charge < -0.3 is 77.6 Å². The summed E-state index contributed by atoms with van der Waals surface area (Å²) in [6, 6.07) is 13.8. The van der Waals surface area contributed by atoms with Crippen molar-refractivity contribution in [3.05, 3.63) is 173 Å². The topological polar surface area (TPSA) is 245 Å². The van der Waals surface area contributed by atoms with Crippen LogP contribution in [0.25, 0.3) is 67.6 Å². The van der Waals surface area contributed by atoms with Gasteiger partial charge in [-0.25, -0.2) is 14.8 Å². The number of benzene rings is 1. The van der Waals surface area contributed by atoms with E-state index in [0.29, 0.717) is 37.7 Å². The SMILES string of the molecule is CCC1=C(CC)c2nc1cc1[nH]c(cc3nc(cc4[nH]c(c(CC)c4CC)c2-c2ccccc2C(=O)OC)C(C)=C3CCC(=O)OC)c(CCC(=O)OC)c1C.CCc1c[nH]c(C=C2N=C(CC3=N/C(=C\c4[nH]cc(CC)c4CC)C(C)=C3CCC(=O)OC)C(CCC(=O)OC)=C2C)c1CC.[Br-].[Br-]. The third kappa shape index (κ3) is 17.5. The normalized spacial score (nSPS) is 14.2. The number of aromatic amines is 4. The average Bonchev–Trinajstić information content (AvgIpc) is 1.61. The molecule has 6 aromatic rings. The second-order valence-electron chi connectivity index (χ2n) is 25.7. The second kappa shape index (κ2) is 36.9. The van der Waals surface area contributed by atoms with Crippen molar-refractivity contribution in [2.24, 2.45) is 9.98 Å². The number of allylic oxidation sites excluding steroid dienone is 8. The van der Waals surface area contributed by atoms with Crippen molar-refractivity contribution in [1.82, 2.24) is 29.9 Å². The number of methoxy groups -OCH3 is 5. The van der Waals surface area contributed by atoms with Gasteiger partial charge in [0, 0.05) is 83.6 Å². The van der Waals surface area contributed by atoms with E-state index in [2.05, 4.69) is 133 Å². The highest BCUT2D eigenvalue weighted by atomic mass is 79.9. The molecular formula is C83H100Br2N8O10-2. The first-order valence-corrected chi connectivity index (χ1v) is 35.8. The Morgan fingerprint density at radius 1 is 0.447 bits per heavy atom. The number of ether oxygens (including phenoxy) is 5. The molecule has 8 bridgehead atoms. The summed E-state index contributed by atoms with van der Waals surface area (Å²) in [6.07, 6.45) is 18.6. The number of aliphatic imine (C=N–C) groups is 2.